The summed E-state index contributed by atoms with van der Waals surface area (Å²) in [5.74, 6) is 0. The normalized spacial score (nSPS) is 10.9. The number of benzene rings is 6. The van der Waals surface area contributed by atoms with Crippen molar-refractivity contribution in [3.05, 3.63) is 139 Å². The fourth-order valence-corrected chi connectivity index (χ4v) is 6.17. The Kier molecular flexibility index (Phi) is 6.10. The summed E-state index contributed by atoms with van der Waals surface area (Å²) in [5, 5.41) is 22.4. The average Bonchev–Trinajstić information content (AvgIpc) is 3.49. The minimum Gasteiger partial charge on any atom is -0.236 e. The molecular weight excluding hydrogens is 518 g/mol. The van der Waals surface area contributed by atoms with Crippen molar-refractivity contribution in [2.45, 2.75) is 0 Å². The molecule has 0 aliphatic heterocycles. The Hall–Kier alpha value is -5.55. The van der Waals surface area contributed by atoms with E-state index in [1.165, 1.54) is 16.3 Å². The molecular formula is C37H21N3S. The van der Waals surface area contributed by atoms with Gasteiger partial charge >= 0.3 is 0 Å². The molecule has 0 amide bonds. The first-order valence-corrected chi connectivity index (χ1v) is 14.1. The summed E-state index contributed by atoms with van der Waals surface area (Å²) in [6.07, 6.45) is 0. The number of para-hydroxylation sites is 1. The molecule has 0 bridgehead atoms. The molecule has 190 valence electrons. The number of hydrogen-bond acceptors (Lipinski definition) is 4. The highest BCUT2D eigenvalue weighted by Gasteiger charge is 2.13. The van der Waals surface area contributed by atoms with Gasteiger partial charge in [0.1, 0.15) is 17.1 Å². The van der Waals surface area contributed by atoms with Gasteiger partial charge in [-0.1, -0.05) is 78.9 Å². The van der Waals surface area contributed by atoms with Gasteiger partial charge in [-0.2, -0.15) is 10.5 Å². The summed E-state index contributed by atoms with van der Waals surface area (Å²) in [5.41, 5.74) is 9.09. The Morgan fingerprint density at radius 1 is 0.463 bits per heavy atom. The van der Waals surface area contributed by atoms with Crippen LogP contribution in [0.3, 0.4) is 0 Å². The zero-order chi connectivity index (χ0) is 27.8. The molecule has 0 radical (unpaired) electrons. The molecule has 3 nitrogen and oxygen atoms in total. The van der Waals surface area contributed by atoms with Crippen molar-refractivity contribution >= 4 is 32.3 Å². The van der Waals surface area contributed by atoms with Gasteiger partial charge in [0.25, 0.3) is 0 Å². The molecule has 0 spiro atoms. The van der Waals surface area contributed by atoms with Crippen LogP contribution in [0, 0.1) is 22.7 Å². The predicted octanol–water partition coefficient (Wildman–Crippen LogP) is 9.86. The van der Waals surface area contributed by atoms with Crippen molar-refractivity contribution in [3.63, 3.8) is 0 Å². The van der Waals surface area contributed by atoms with Gasteiger partial charge in [-0.05, 0) is 92.7 Å². The molecule has 0 unspecified atom stereocenters. The molecule has 4 heteroatoms. The maximum absolute atomic E-state index is 9.64. The van der Waals surface area contributed by atoms with E-state index in [0.717, 1.165) is 48.6 Å². The van der Waals surface area contributed by atoms with Gasteiger partial charge in [-0.15, -0.1) is 11.3 Å². The highest BCUT2D eigenvalue weighted by molar-refractivity contribution is 7.21. The lowest BCUT2D eigenvalue weighted by Crippen LogP contribution is -1.89. The number of thiazole rings is 1. The lowest BCUT2D eigenvalue weighted by Gasteiger charge is -2.11. The van der Waals surface area contributed by atoms with Crippen LogP contribution in [-0.4, -0.2) is 4.98 Å². The van der Waals surface area contributed by atoms with Crippen molar-refractivity contribution in [3.8, 4) is 56.1 Å². The third-order valence-electron chi connectivity index (χ3n) is 7.37. The maximum Gasteiger partial charge on any atom is 0.124 e. The Bertz CT molecular complexity index is 2140. The first-order chi connectivity index (χ1) is 20.2. The van der Waals surface area contributed by atoms with Crippen LogP contribution in [0.15, 0.2) is 127 Å². The second kappa shape index (κ2) is 10.2. The van der Waals surface area contributed by atoms with Crippen LogP contribution in [0.5, 0.6) is 0 Å². The van der Waals surface area contributed by atoms with Crippen LogP contribution in [-0.2, 0) is 0 Å². The number of hydrogen-bond donors (Lipinski definition) is 0. The largest absolute Gasteiger partial charge is 0.236 e. The lowest BCUT2D eigenvalue weighted by molar-refractivity contribution is 1.43. The molecule has 0 saturated carbocycles. The van der Waals surface area contributed by atoms with E-state index < -0.39 is 0 Å². The molecule has 0 N–H and O–H groups in total. The van der Waals surface area contributed by atoms with Gasteiger partial charge in [0, 0.05) is 5.56 Å². The van der Waals surface area contributed by atoms with Gasteiger partial charge < -0.3 is 0 Å². The summed E-state index contributed by atoms with van der Waals surface area (Å²) in [7, 11) is 0. The molecule has 0 aliphatic rings. The maximum atomic E-state index is 9.64. The van der Waals surface area contributed by atoms with Crippen molar-refractivity contribution in [1.29, 1.82) is 10.5 Å². The van der Waals surface area contributed by atoms with E-state index in [4.69, 9.17) is 4.98 Å². The molecule has 6 aromatic carbocycles. The van der Waals surface area contributed by atoms with E-state index in [2.05, 4.69) is 103 Å². The highest BCUT2D eigenvalue weighted by Crippen LogP contribution is 2.37. The van der Waals surface area contributed by atoms with Crippen molar-refractivity contribution in [1.82, 2.24) is 4.98 Å². The van der Waals surface area contributed by atoms with Gasteiger partial charge in [-0.3, -0.25) is 0 Å². The molecule has 0 atom stereocenters. The van der Waals surface area contributed by atoms with Crippen LogP contribution >= 0.6 is 11.3 Å². The van der Waals surface area contributed by atoms with E-state index >= 15 is 0 Å². The van der Waals surface area contributed by atoms with E-state index in [-0.39, 0.29) is 0 Å². The van der Waals surface area contributed by atoms with Crippen molar-refractivity contribution in [2.24, 2.45) is 0 Å². The highest BCUT2D eigenvalue weighted by atomic mass is 32.1. The topological polar surface area (TPSA) is 60.5 Å². The van der Waals surface area contributed by atoms with Crippen LogP contribution in [0.1, 0.15) is 11.1 Å². The van der Waals surface area contributed by atoms with Gasteiger partial charge in [0.2, 0.25) is 0 Å². The first-order valence-electron chi connectivity index (χ1n) is 13.2. The molecule has 0 saturated heterocycles. The van der Waals surface area contributed by atoms with Crippen molar-refractivity contribution in [2.75, 3.05) is 0 Å². The fourth-order valence-electron chi connectivity index (χ4n) is 5.22. The Labute approximate surface area is 241 Å². The quantitative estimate of drug-likeness (QED) is 0.224. The predicted molar refractivity (Wildman–Crippen MR) is 168 cm³/mol. The summed E-state index contributed by atoms with van der Waals surface area (Å²) < 4.78 is 1.14. The standard InChI is InChI=1S/C37H21N3S/c38-22-30-16-15-29(18-34(30)23-39)32-19-31(20-33(21-32)37-40-35-7-3-4-8-36(35)41-37)26-11-9-25(10-12-26)28-14-13-24-5-1-2-6-27(24)17-28/h1-21H. The number of nitrogens with zero attached hydrogens (tertiary/aromatic N) is 3. The fraction of sp³-hybridized carbons (Fsp3) is 0. The van der Waals surface area contributed by atoms with Gasteiger partial charge in [0.05, 0.1) is 21.3 Å². The SMILES string of the molecule is N#Cc1ccc(-c2cc(-c3ccc(-c4ccc5ccccc5c4)cc3)cc(-c3nc4ccccc4s3)c2)cc1C#N. The smallest absolute Gasteiger partial charge is 0.124 e. The number of fused-ring (bicyclic) bond motifs is 2. The Balaban J connectivity index is 1.34. The third kappa shape index (κ3) is 4.64. The van der Waals surface area contributed by atoms with Crippen LogP contribution < -0.4 is 0 Å². The monoisotopic (exact) mass is 539 g/mol. The zero-order valence-corrected chi connectivity index (χ0v) is 22.7. The van der Waals surface area contributed by atoms with E-state index in [0.29, 0.717) is 11.1 Å². The van der Waals surface area contributed by atoms with Crippen LogP contribution in [0.4, 0.5) is 0 Å². The molecule has 0 fully saturated rings. The van der Waals surface area contributed by atoms with E-state index in [1.54, 1.807) is 23.5 Å². The second-order valence-electron chi connectivity index (χ2n) is 9.91. The molecule has 1 heterocycles. The Morgan fingerprint density at radius 3 is 1.80 bits per heavy atom. The minimum atomic E-state index is 0.372. The number of nitriles is 2. The Morgan fingerprint density at radius 2 is 1.05 bits per heavy atom. The van der Waals surface area contributed by atoms with Crippen molar-refractivity contribution < 1.29 is 0 Å². The van der Waals surface area contributed by atoms with E-state index in [9.17, 15) is 10.5 Å². The summed E-state index contributed by atoms with van der Waals surface area (Å²) in [6, 6.07) is 47.9. The number of aromatic nitrogens is 1. The third-order valence-corrected chi connectivity index (χ3v) is 8.45. The molecule has 7 aromatic rings. The minimum absolute atomic E-state index is 0.372. The summed E-state index contributed by atoms with van der Waals surface area (Å²) in [6.45, 7) is 0. The molecule has 7 rings (SSSR count). The second-order valence-corrected chi connectivity index (χ2v) is 10.9. The van der Waals surface area contributed by atoms with Gasteiger partial charge in [0.15, 0.2) is 0 Å². The van der Waals surface area contributed by atoms with Gasteiger partial charge in [-0.25, -0.2) is 4.98 Å². The summed E-state index contributed by atoms with van der Waals surface area (Å²) in [4.78, 5) is 4.92. The van der Waals surface area contributed by atoms with E-state index in [1.807, 2.05) is 24.3 Å². The lowest BCUT2D eigenvalue weighted by atomic mass is 9.93. The van der Waals surface area contributed by atoms with Crippen LogP contribution in [0.2, 0.25) is 0 Å². The molecule has 0 aliphatic carbocycles. The zero-order valence-electron chi connectivity index (χ0n) is 21.9. The number of rotatable bonds is 4. The molecule has 1 aromatic heterocycles. The first kappa shape index (κ1) is 24.5. The molecule has 41 heavy (non-hydrogen) atoms. The summed E-state index contributed by atoms with van der Waals surface area (Å²) >= 11 is 1.67. The van der Waals surface area contributed by atoms with Crippen LogP contribution in [0.25, 0.3) is 64.9 Å². The average molecular weight is 540 g/mol.